The Balaban J connectivity index is 3.01. The normalized spacial score (nSPS) is 13.4. The third-order valence-corrected chi connectivity index (χ3v) is 4.02. The van der Waals surface area contributed by atoms with Crippen LogP contribution >= 0.6 is 11.3 Å². The van der Waals surface area contributed by atoms with Crippen molar-refractivity contribution in [2.24, 2.45) is 0 Å². The lowest BCUT2D eigenvalue weighted by Gasteiger charge is -2.18. The number of rotatable bonds is 0. The SMILES string of the molecule is CC(C)(C)c1ccc(C(C)(C)C)s1. The summed E-state index contributed by atoms with van der Waals surface area (Å²) in [5.41, 5.74) is 0.600. The molecule has 1 aromatic heterocycles. The lowest BCUT2D eigenvalue weighted by atomic mass is 9.93. The number of hydrogen-bond acceptors (Lipinski definition) is 1. The molecule has 1 heteroatoms. The summed E-state index contributed by atoms with van der Waals surface area (Å²) in [7, 11) is 0. The van der Waals surface area contributed by atoms with Crippen LogP contribution in [0.25, 0.3) is 0 Å². The van der Waals surface area contributed by atoms with E-state index < -0.39 is 0 Å². The molecule has 0 N–H and O–H groups in total. The van der Waals surface area contributed by atoms with Gasteiger partial charge in [0.15, 0.2) is 0 Å². The Bertz CT molecular complexity index is 252. The average molecular weight is 196 g/mol. The fourth-order valence-corrected chi connectivity index (χ4v) is 2.27. The second-order valence-electron chi connectivity index (χ2n) is 5.66. The van der Waals surface area contributed by atoms with E-state index in [-0.39, 0.29) is 0 Å². The van der Waals surface area contributed by atoms with Crippen molar-refractivity contribution < 1.29 is 0 Å². The molecule has 1 rings (SSSR count). The molecule has 0 aliphatic heterocycles. The molecular formula is C12H20S. The first kappa shape index (κ1) is 10.8. The van der Waals surface area contributed by atoms with Crippen LogP contribution in [0.2, 0.25) is 0 Å². The minimum absolute atomic E-state index is 0.300. The molecule has 0 saturated heterocycles. The van der Waals surface area contributed by atoms with Crippen LogP contribution in [-0.4, -0.2) is 0 Å². The summed E-state index contributed by atoms with van der Waals surface area (Å²) in [6.07, 6.45) is 0. The summed E-state index contributed by atoms with van der Waals surface area (Å²) in [5, 5.41) is 0. The molecule has 74 valence electrons. The van der Waals surface area contributed by atoms with Crippen LogP contribution in [0, 0.1) is 0 Å². The van der Waals surface area contributed by atoms with Crippen molar-refractivity contribution >= 4 is 11.3 Å². The second-order valence-corrected chi connectivity index (χ2v) is 6.75. The van der Waals surface area contributed by atoms with Crippen molar-refractivity contribution in [2.75, 3.05) is 0 Å². The maximum atomic E-state index is 2.27. The van der Waals surface area contributed by atoms with Gasteiger partial charge in [-0.15, -0.1) is 11.3 Å². The third kappa shape index (κ3) is 2.57. The predicted molar refractivity (Wildman–Crippen MR) is 61.7 cm³/mol. The van der Waals surface area contributed by atoms with Crippen LogP contribution in [0.1, 0.15) is 51.3 Å². The van der Waals surface area contributed by atoms with E-state index in [1.807, 2.05) is 11.3 Å². The van der Waals surface area contributed by atoms with Crippen LogP contribution in [0.15, 0.2) is 12.1 Å². The lowest BCUT2D eigenvalue weighted by molar-refractivity contribution is 0.602. The van der Waals surface area contributed by atoms with Gasteiger partial charge in [-0.1, -0.05) is 41.5 Å². The summed E-state index contributed by atoms with van der Waals surface area (Å²) < 4.78 is 0. The molecule has 0 fully saturated rings. The van der Waals surface area contributed by atoms with Gasteiger partial charge >= 0.3 is 0 Å². The highest BCUT2D eigenvalue weighted by molar-refractivity contribution is 7.12. The molecule has 0 spiro atoms. The van der Waals surface area contributed by atoms with Crippen molar-refractivity contribution in [1.82, 2.24) is 0 Å². The van der Waals surface area contributed by atoms with Gasteiger partial charge in [0.1, 0.15) is 0 Å². The van der Waals surface area contributed by atoms with Gasteiger partial charge in [0.2, 0.25) is 0 Å². The minimum atomic E-state index is 0.300. The summed E-state index contributed by atoms with van der Waals surface area (Å²) in [6.45, 7) is 13.6. The zero-order valence-electron chi connectivity index (χ0n) is 9.56. The number of thiophene rings is 1. The van der Waals surface area contributed by atoms with Crippen molar-refractivity contribution in [1.29, 1.82) is 0 Å². The molecular weight excluding hydrogens is 176 g/mol. The van der Waals surface area contributed by atoms with E-state index in [2.05, 4.69) is 53.7 Å². The molecule has 0 radical (unpaired) electrons. The first-order valence-corrected chi connectivity index (χ1v) is 5.64. The molecule has 1 heterocycles. The molecule has 1 aromatic rings. The van der Waals surface area contributed by atoms with Gasteiger partial charge in [0, 0.05) is 9.75 Å². The van der Waals surface area contributed by atoms with E-state index in [0.717, 1.165) is 0 Å². The molecule has 0 amide bonds. The van der Waals surface area contributed by atoms with Crippen LogP contribution in [0.5, 0.6) is 0 Å². The third-order valence-electron chi connectivity index (χ3n) is 2.08. The zero-order valence-corrected chi connectivity index (χ0v) is 10.4. The molecule has 0 saturated carbocycles. The molecule has 0 aliphatic carbocycles. The maximum Gasteiger partial charge on any atom is 0.0102 e. The Morgan fingerprint density at radius 3 is 1.23 bits per heavy atom. The molecule has 0 bridgehead atoms. The van der Waals surface area contributed by atoms with E-state index in [4.69, 9.17) is 0 Å². The summed E-state index contributed by atoms with van der Waals surface area (Å²) in [6, 6.07) is 4.54. The highest BCUT2D eigenvalue weighted by Gasteiger charge is 2.21. The molecule has 0 aromatic carbocycles. The first-order chi connectivity index (χ1) is 5.71. The first-order valence-electron chi connectivity index (χ1n) is 4.82. The molecule has 13 heavy (non-hydrogen) atoms. The molecule has 0 nitrogen and oxygen atoms in total. The van der Waals surface area contributed by atoms with E-state index in [9.17, 15) is 0 Å². The van der Waals surface area contributed by atoms with Gasteiger partial charge in [0.05, 0.1) is 0 Å². The van der Waals surface area contributed by atoms with Gasteiger partial charge < -0.3 is 0 Å². The van der Waals surface area contributed by atoms with Gasteiger partial charge in [-0.3, -0.25) is 0 Å². The highest BCUT2D eigenvalue weighted by atomic mass is 32.1. The highest BCUT2D eigenvalue weighted by Crippen LogP contribution is 2.35. The van der Waals surface area contributed by atoms with Crippen LogP contribution in [0.3, 0.4) is 0 Å². The van der Waals surface area contributed by atoms with E-state index in [1.165, 1.54) is 9.75 Å². The lowest BCUT2D eigenvalue weighted by Crippen LogP contribution is -2.09. The quantitative estimate of drug-likeness (QED) is 0.579. The van der Waals surface area contributed by atoms with Crippen molar-refractivity contribution in [3.63, 3.8) is 0 Å². The van der Waals surface area contributed by atoms with Gasteiger partial charge in [-0.05, 0) is 23.0 Å². The molecule has 0 aliphatic rings. The molecule has 0 unspecified atom stereocenters. The number of hydrogen-bond donors (Lipinski definition) is 0. The van der Waals surface area contributed by atoms with Crippen molar-refractivity contribution in [3.8, 4) is 0 Å². The Labute approximate surface area is 86.0 Å². The zero-order chi connectivity index (χ0) is 10.3. The fraction of sp³-hybridized carbons (Fsp3) is 0.667. The van der Waals surface area contributed by atoms with E-state index in [0.29, 0.717) is 10.8 Å². The Morgan fingerprint density at radius 1 is 0.769 bits per heavy atom. The van der Waals surface area contributed by atoms with E-state index in [1.54, 1.807) is 0 Å². The van der Waals surface area contributed by atoms with Crippen molar-refractivity contribution in [2.45, 2.75) is 52.4 Å². The van der Waals surface area contributed by atoms with Crippen LogP contribution in [0.4, 0.5) is 0 Å². The van der Waals surface area contributed by atoms with Gasteiger partial charge in [-0.25, -0.2) is 0 Å². The monoisotopic (exact) mass is 196 g/mol. The van der Waals surface area contributed by atoms with Crippen LogP contribution < -0.4 is 0 Å². The largest absolute Gasteiger partial charge is 0.144 e. The van der Waals surface area contributed by atoms with E-state index >= 15 is 0 Å². The Kier molecular flexibility index (Phi) is 2.59. The van der Waals surface area contributed by atoms with Crippen molar-refractivity contribution in [3.05, 3.63) is 21.9 Å². The van der Waals surface area contributed by atoms with Gasteiger partial charge in [-0.2, -0.15) is 0 Å². The van der Waals surface area contributed by atoms with Crippen LogP contribution in [-0.2, 0) is 10.8 Å². The second kappa shape index (κ2) is 3.13. The molecule has 0 atom stereocenters. The smallest absolute Gasteiger partial charge is 0.0102 e. The average Bonchev–Trinajstić information content (AvgIpc) is 2.28. The maximum absolute atomic E-state index is 2.27. The Hall–Kier alpha value is -0.300. The summed E-state index contributed by atoms with van der Waals surface area (Å²) in [4.78, 5) is 2.97. The van der Waals surface area contributed by atoms with Gasteiger partial charge in [0.25, 0.3) is 0 Å². The summed E-state index contributed by atoms with van der Waals surface area (Å²) >= 11 is 1.95. The predicted octanol–water partition coefficient (Wildman–Crippen LogP) is 4.34. The minimum Gasteiger partial charge on any atom is -0.144 e. The Morgan fingerprint density at radius 2 is 1.08 bits per heavy atom. The topological polar surface area (TPSA) is 0 Å². The standard InChI is InChI=1S/C12H20S/c1-11(2,3)9-7-8-10(13-9)12(4,5)6/h7-8H,1-6H3. The summed E-state index contributed by atoms with van der Waals surface area (Å²) in [5.74, 6) is 0. The fourth-order valence-electron chi connectivity index (χ4n) is 1.14.